The second kappa shape index (κ2) is 6.00. The number of aromatic nitrogens is 3. The van der Waals surface area contributed by atoms with Crippen molar-refractivity contribution in [1.29, 1.82) is 0 Å². The lowest BCUT2D eigenvalue weighted by atomic mass is 10.2. The molecule has 0 aromatic carbocycles. The van der Waals surface area contributed by atoms with Crippen LogP contribution in [0.3, 0.4) is 0 Å². The third kappa shape index (κ3) is 3.32. The van der Waals surface area contributed by atoms with Gasteiger partial charge in [0, 0.05) is 19.6 Å². The minimum Gasteiger partial charge on any atom is -0.368 e. The summed E-state index contributed by atoms with van der Waals surface area (Å²) in [4.78, 5) is 24.8. The van der Waals surface area contributed by atoms with Crippen LogP contribution in [0, 0.1) is 5.92 Å². The molecule has 1 aliphatic rings. The maximum atomic E-state index is 12.3. The van der Waals surface area contributed by atoms with E-state index in [-0.39, 0.29) is 30.1 Å². The maximum Gasteiger partial charge on any atom is 0.276 e. The highest BCUT2D eigenvalue weighted by molar-refractivity contribution is 5.94. The van der Waals surface area contributed by atoms with Gasteiger partial charge in [-0.3, -0.25) is 9.59 Å². The second-order valence-electron chi connectivity index (χ2n) is 5.44. The Balaban J connectivity index is 2.08. The van der Waals surface area contributed by atoms with E-state index in [2.05, 4.69) is 15.6 Å². The number of rotatable bonds is 6. The summed E-state index contributed by atoms with van der Waals surface area (Å²) >= 11 is 0. The van der Waals surface area contributed by atoms with Gasteiger partial charge >= 0.3 is 0 Å². The number of carbonyl (C=O) groups excluding carboxylic acids is 2. The van der Waals surface area contributed by atoms with Gasteiger partial charge in [0.25, 0.3) is 5.91 Å². The van der Waals surface area contributed by atoms with Crippen molar-refractivity contribution >= 4 is 11.8 Å². The molecule has 1 aliphatic heterocycles. The van der Waals surface area contributed by atoms with Gasteiger partial charge in [0.05, 0.1) is 18.8 Å². The molecule has 1 aromatic rings. The lowest BCUT2D eigenvalue weighted by Crippen LogP contribution is -2.43. The number of amides is 2. The minimum absolute atomic E-state index is 0.102. The molecule has 8 nitrogen and oxygen atoms in total. The number of primary amides is 1. The molecule has 2 heterocycles. The van der Waals surface area contributed by atoms with Crippen LogP contribution in [0.4, 0.5) is 0 Å². The van der Waals surface area contributed by atoms with Gasteiger partial charge in [-0.25, -0.2) is 4.68 Å². The van der Waals surface area contributed by atoms with Crippen LogP contribution in [0.15, 0.2) is 6.20 Å². The topological polar surface area (TPSA) is 106 Å². The predicted molar refractivity (Wildman–Crippen MR) is 71.9 cm³/mol. The molecule has 1 fully saturated rings. The van der Waals surface area contributed by atoms with Crippen LogP contribution in [-0.2, 0) is 4.79 Å². The summed E-state index contributed by atoms with van der Waals surface area (Å²) in [6.07, 6.45) is 1.63. The summed E-state index contributed by atoms with van der Waals surface area (Å²) in [6.45, 7) is 5.95. The van der Waals surface area contributed by atoms with Gasteiger partial charge in [-0.2, -0.15) is 0 Å². The van der Waals surface area contributed by atoms with Crippen molar-refractivity contribution in [2.75, 3.05) is 26.2 Å². The van der Waals surface area contributed by atoms with Crippen molar-refractivity contribution in [1.82, 2.24) is 25.2 Å². The average molecular weight is 280 g/mol. The van der Waals surface area contributed by atoms with Gasteiger partial charge in [-0.15, -0.1) is 5.10 Å². The molecule has 0 unspecified atom stereocenters. The van der Waals surface area contributed by atoms with Gasteiger partial charge < -0.3 is 16.0 Å². The van der Waals surface area contributed by atoms with Gasteiger partial charge in [0.2, 0.25) is 5.91 Å². The first-order valence-corrected chi connectivity index (χ1v) is 6.67. The zero-order valence-corrected chi connectivity index (χ0v) is 11.7. The Kier molecular flexibility index (Phi) is 4.33. The third-order valence-electron chi connectivity index (χ3n) is 3.08. The number of nitrogens with two attached hydrogens (primary N) is 1. The predicted octanol–water partition coefficient (Wildman–Crippen LogP) is -0.994. The maximum absolute atomic E-state index is 12.3. The van der Waals surface area contributed by atoms with Crippen LogP contribution in [0.1, 0.15) is 30.4 Å². The fraction of sp³-hybridized carbons (Fsp3) is 0.667. The first-order chi connectivity index (χ1) is 9.47. The Morgan fingerprint density at radius 2 is 2.25 bits per heavy atom. The fourth-order valence-corrected chi connectivity index (χ4v) is 2.02. The number of hydrogen-bond acceptors (Lipinski definition) is 5. The summed E-state index contributed by atoms with van der Waals surface area (Å²) < 4.78 is 1.68. The van der Waals surface area contributed by atoms with E-state index < -0.39 is 5.91 Å². The van der Waals surface area contributed by atoms with Crippen LogP contribution in [-0.4, -0.2) is 57.9 Å². The summed E-state index contributed by atoms with van der Waals surface area (Å²) in [6, 6.07) is 0.249. The largest absolute Gasteiger partial charge is 0.368 e. The molecular formula is C12H20N6O2. The molecule has 0 bridgehead atoms. The zero-order valence-electron chi connectivity index (χ0n) is 11.7. The average Bonchev–Trinajstić information content (AvgIpc) is 2.72. The van der Waals surface area contributed by atoms with Crippen LogP contribution in [0.25, 0.3) is 0 Å². The third-order valence-corrected chi connectivity index (χ3v) is 3.08. The molecule has 20 heavy (non-hydrogen) atoms. The number of nitrogens with one attached hydrogen (secondary N) is 1. The Morgan fingerprint density at radius 1 is 1.55 bits per heavy atom. The van der Waals surface area contributed by atoms with E-state index in [1.165, 1.54) is 4.90 Å². The molecule has 3 N–H and O–H groups in total. The van der Waals surface area contributed by atoms with Gasteiger partial charge in [0.15, 0.2) is 5.69 Å². The fourth-order valence-electron chi connectivity index (χ4n) is 2.02. The van der Waals surface area contributed by atoms with E-state index in [1.807, 2.05) is 13.8 Å². The van der Waals surface area contributed by atoms with Crippen LogP contribution in [0.5, 0.6) is 0 Å². The Labute approximate surface area is 117 Å². The molecule has 0 radical (unpaired) electrons. The molecule has 2 amide bonds. The summed E-state index contributed by atoms with van der Waals surface area (Å²) in [5, 5.41) is 11.0. The lowest BCUT2D eigenvalue weighted by Gasteiger charge is -2.26. The molecule has 1 saturated heterocycles. The van der Waals surface area contributed by atoms with E-state index in [9.17, 15) is 9.59 Å². The first-order valence-electron chi connectivity index (χ1n) is 6.67. The number of carbonyl (C=O) groups is 2. The highest BCUT2D eigenvalue weighted by Crippen LogP contribution is 2.11. The van der Waals surface area contributed by atoms with Crippen LogP contribution < -0.4 is 11.1 Å². The van der Waals surface area contributed by atoms with Crippen molar-refractivity contribution in [3.05, 3.63) is 11.9 Å². The summed E-state index contributed by atoms with van der Waals surface area (Å²) in [7, 11) is 0. The van der Waals surface area contributed by atoms with Crippen molar-refractivity contribution in [3.63, 3.8) is 0 Å². The van der Waals surface area contributed by atoms with Crippen molar-refractivity contribution < 1.29 is 9.59 Å². The molecule has 0 atom stereocenters. The van der Waals surface area contributed by atoms with Gasteiger partial charge in [-0.1, -0.05) is 19.1 Å². The zero-order chi connectivity index (χ0) is 14.7. The molecule has 0 saturated carbocycles. The highest BCUT2D eigenvalue weighted by atomic mass is 16.2. The standard InChI is InChI=1S/C12H20N6O2/c1-8(2)5-17(7-11(13)19)12(20)10-6-18(16-15-10)9-3-14-4-9/h6,8-9,14H,3-5,7H2,1-2H3,(H2,13,19). The Bertz CT molecular complexity index is 494. The summed E-state index contributed by atoms with van der Waals surface area (Å²) in [5.41, 5.74) is 5.44. The Hall–Kier alpha value is -1.96. The van der Waals surface area contributed by atoms with E-state index in [1.54, 1.807) is 10.9 Å². The number of hydrogen-bond donors (Lipinski definition) is 2. The normalized spacial score (nSPS) is 15.2. The van der Waals surface area contributed by atoms with Crippen LogP contribution in [0.2, 0.25) is 0 Å². The van der Waals surface area contributed by atoms with Gasteiger partial charge in [0.1, 0.15) is 0 Å². The molecule has 110 valence electrons. The quantitative estimate of drug-likeness (QED) is 0.695. The summed E-state index contributed by atoms with van der Waals surface area (Å²) in [5.74, 6) is -0.602. The monoisotopic (exact) mass is 280 g/mol. The van der Waals surface area contributed by atoms with E-state index in [4.69, 9.17) is 5.73 Å². The van der Waals surface area contributed by atoms with E-state index >= 15 is 0 Å². The SMILES string of the molecule is CC(C)CN(CC(N)=O)C(=O)c1cn(C2CNC2)nn1. The van der Waals surface area contributed by atoms with E-state index in [0.29, 0.717) is 6.54 Å². The Morgan fingerprint density at radius 3 is 2.75 bits per heavy atom. The number of nitrogens with zero attached hydrogens (tertiary/aromatic N) is 4. The smallest absolute Gasteiger partial charge is 0.276 e. The molecule has 8 heteroatoms. The molecule has 1 aromatic heterocycles. The van der Waals surface area contributed by atoms with Crippen LogP contribution >= 0.6 is 0 Å². The molecular weight excluding hydrogens is 260 g/mol. The van der Waals surface area contributed by atoms with Gasteiger partial charge in [-0.05, 0) is 5.92 Å². The van der Waals surface area contributed by atoms with Crippen molar-refractivity contribution in [3.8, 4) is 0 Å². The van der Waals surface area contributed by atoms with Crippen molar-refractivity contribution in [2.24, 2.45) is 11.7 Å². The van der Waals surface area contributed by atoms with E-state index in [0.717, 1.165) is 13.1 Å². The lowest BCUT2D eigenvalue weighted by molar-refractivity contribution is -0.118. The highest BCUT2D eigenvalue weighted by Gasteiger charge is 2.25. The second-order valence-corrected chi connectivity index (χ2v) is 5.44. The molecule has 0 aliphatic carbocycles. The van der Waals surface area contributed by atoms with Crippen molar-refractivity contribution in [2.45, 2.75) is 19.9 Å². The molecule has 2 rings (SSSR count). The first kappa shape index (κ1) is 14.4. The minimum atomic E-state index is -0.533. The molecule has 0 spiro atoms.